The van der Waals surface area contributed by atoms with Crippen LogP contribution in [0.2, 0.25) is 0 Å². The third-order valence-electron chi connectivity index (χ3n) is 3.34. The van der Waals surface area contributed by atoms with Gasteiger partial charge in [0.15, 0.2) is 0 Å². The molecule has 0 saturated heterocycles. The Balaban J connectivity index is 2.52. The Morgan fingerprint density at radius 1 is 1.10 bits per heavy atom. The average Bonchev–Trinajstić information content (AvgIpc) is 2.40. The molecule has 2 aromatic rings. The lowest BCUT2D eigenvalue weighted by Gasteiger charge is -2.19. The molecule has 1 nitrogen and oxygen atoms in total. The number of halogens is 2. The van der Waals surface area contributed by atoms with E-state index in [0.29, 0.717) is 6.61 Å². The van der Waals surface area contributed by atoms with E-state index in [9.17, 15) is 0 Å². The fraction of sp³-hybridized carbons (Fsp3) is 0.294. The van der Waals surface area contributed by atoms with Crippen LogP contribution in [0.3, 0.4) is 0 Å². The molecule has 0 radical (unpaired) electrons. The zero-order valence-electron chi connectivity index (χ0n) is 11.9. The summed E-state index contributed by atoms with van der Waals surface area (Å²) in [6.45, 7) is 6.97. The second-order valence-corrected chi connectivity index (χ2v) is 6.61. The molecule has 0 aromatic heterocycles. The van der Waals surface area contributed by atoms with Gasteiger partial charge < -0.3 is 4.74 Å². The lowest BCUT2D eigenvalue weighted by Crippen LogP contribution is -2.03. The van der Waals surface area contributed by atoms with Gasteiger partial charge in [-0.15, -0.1) is 0 Å². The molecule has 0 bridgehead atoms. The monoisotopic (exact) mass is 396 g/mol. The van der Waals surface area contributed by atoms with Crippen molar-refractivity contribution in [3.8, 4) is 5.75 Å². The molecule has 20 heavy (non-hydrogen) atoms. The first kappa shape index (κ1) is 15.6. The van der Waals surface area contributed by atoms with Crippen molar-refractivity contribution in [1.29, 1.82) is 0 Å². The number of hydrogen-bond acceptors (Lipinski definition) is 1. The van der Waals surface area contributed by atoms with Crippen LogP contribution in [0.1, 0.15) is 34.0 Å². The van der Waals surface area contributed by atoms with Crippen LogP contribution in [-0.2, 0) is 0 Å². The summed E-state index contributed by atoms with van der Waals surface area (Å²) in [5.41, 5.74) is 5.04. The Morgan fingerprint density at radius 3 is 2.35 bits per heavy atom. The normalized spacial score (nSPS) is 12.2. The lowest BCUT2D eigenvalue weighted by atomic mass is 9.95. The van der Waals surface area contributed by atoms with Crippen molar-refractivity contribution in [2.75, 3.05) is 6.61 Å². The Bertz CT molecular complexity index is 588. The van der Waals surface area contributed by atoms with E-state index in [-0.39, 0.29) is 4.83 Å². The van der Waals surface area contributed by atoms with Gasteiger partial charge >= 0.3 is 0 Å². The maximum absolute atomic E-state index is 5.76. The highest BCUT2D eigenvalue weighted by molar-refractivity contribution is 9.10. The van der Waals surface area contributed by atoms with E-state index in [1.165, 1.54) is 16.7 Å². The van der Waals surface area contributed by atoms with Gasteiger partial charge in [-0.2, -0.15) is 0 Å². The Morgan fingerprint density at radius 2 is 1.75 bits per heavy atom. The van der Waals surface area contributed by atoms with Crippen LogP contribution in [0.15, 0.2) is 40.9 Å². The molecule has 1 atom stereocenters. The smallest absolute Gasteiger partial charge is 0.124 e. The minimum atomic E-state index is 0.128. The van der Waals surface area contributed by atoms with Crippen LogP contribution >= 0.6 is 31.9 Å². The fourth-order valence-corrected chi connectivity index (χ4v) is 3.85. The van der Waals surface area contributed by atoms with Crippen molar-refractivity contribution >= 4 is 31.9 Å². The maximum atomic E-state index is 5.76. The van der Waals surface area contributed by atoms with Gasteiger partial charge in [0, 0.05) is 10.0 Å². The fourth-order valence-electron chi connectivity index (χ4n) is 2.39. The van der Waals surface area contributed by atoms with Gasteiger partial charge in [0.1, 0.15) is 5.75 Å². The highest BCUT2D eigenvalue weighted by atomic mass is 79.9. The van der Waals surface area contributed by atoms with Crippen LogP contribution in [0.4, 0.5) is 0 Å². The van der Waals surface area contributed by atoms with Crippen LogP contribution < -0.4 is 4.74 Å². The predicted octanol–water partition coefficient (Wildman–Crippen LogP) is 5.95. The molecule has 0 amide bonds. The van der Waals surface area contributed by atoms with Gasteiger partial charge in [-0.3, -0.25) is 0 Å². The third kappa shape index (κ3) is 3.26. The van der Waals surface area contributed by atoms with Gasteiger partial charge in [0.25, 0.3) is 0 Å². The van der Waals surface area contributed by atoms with Gasteiger partial charge in [0.05, 0.1) is 11.4 Å². The highest BCUT2D eigenvalue weighted by Gasteiger charge is 2.19. The third-order valence-corrected chi connectivity index (χ3v) is 4.78. The van der Waals surface area contributed by atoms with Crippen LogP contribution in [0.5, 0.6) is 5.75 Å². The number of rotatable bonds is 4. The van der Waals surface area contributed by atoms with Gasteiger partial charge in [0.2, 0.25) is 0 Å². The zero-order valence-corrected chi connectivity index (χ0v) is 15.1. The zero-order chi connectivity index (χ0) is 14.7. The summed E-state index contributed by atoms with van der Waals surface area (Å²) in [4.78, 5) is 0.128. The Hall–Kier alpha value is -0.800. The lowest BCUT2D eigenvalue weighted by molar-refractivity contribution is 0.337. The van der Waals surface area contributed by atoms with Crippen LogP contribution in [0, 0.1) is 13.8 Å². The number of benzene rings is 2. The minimum absolute atomic E-state index is 0.128. The molecule has 1 unspecified atom stereocenters. The quantitative estimate of drug-likeness (QED) is 0.579. The minimum Gasteiger partial charge on any atom is -0.494 e. The molecule has 0 heterocycles. The standard InChI is InChI=1S/C17H18Br2O/c1-4-20-15-9-8-13(18)10-14(15)17(19)16-11(2)6-5-7-12(16)3/h5-10,17H,4H2,1-3H3. The highest BCUT2D eigenvalue weighted by Crippen LogP contribution is 2.40. The second-order valence-electron chi connectivity index (χ2n) is 4.78. The topological polar surface area (TPSA) is 9.23 Å². The van der Waals surface area contributed by atoms with E-state index in [1.54, 1.807) is 0 Å². The summed E-state index contributed by atoms with van der Waals surface area (Å²) in [5, 5.41) is 0. The summed E-state index contributed by atoms with van der Waals surface area (Å²) in [7, 11) is 0. The summed E-state index contributed by atoms with van der Waals surface area (Å²) < 4.78 is 6.83. The molecule has 106 valence electrons. The second kappa shape index (κ2) is 6.77. The molecule has 0 saturated carbocycles. The number of alkyl halides is 1. The molecule has 2 rings (SSSR count). The van der Waals surface area contributed by atoms with Crippen LogP contribution in [-0.4, -0.2) is 6.61 Å². The molecule has 0 aliphatic carbocycles. The summed E-state index contributed by atoms with van der Waals surface area (Å²) in [6, 6.07) is 12.5. The van der Waals surface area contributed by atoms with Crippen molar-refractivity contribution in [1.82, 2.24) is 0 Å². The van der Waals surface area contributed by atoms with E-state index in [2.05, 4.69) is 70.0 Å². The maximum Gasteiger partial charge on any atom is 0.124 e. The van der Waals surface area contributed by atoms with E-state index in [1.807, 2.05) is 19.1 Å². The summed E-state index contributed by atoms with van der Waals surface area (Å²) in [5.74, 6) is 0.931. The summed E-state index contributed by atoms with van der Waals surface area (Å²) >= 11 is 7.40. The van der Waals surface area contributed by atoms with Crippen molar-refractivity contribution < 1.29 is 4.74 Å². The molecule has 0 spiro atoms. The summed E-state index contributed by atoms with van der Waals surface area (Å²) in [6.07, 6.45) is 0. The van der Waals surface area contributed by atoms with E-state index in [0.717, 1.165) is 15.8 Å². The van der Waals surface area contributed by atoms with Gasteiger partial charge in [-0.05, 0) is 55.7 Å². The van der Waals surface area contributed by atoms with Crippen molar-refractivity contribution in [2.45, 2.75) is 25.6 Å². The first-order valence-corrected chi connectivity index (χ1v) is 8.38. The molecule has 0 aliphatic heterocycles. The predicted molar refractivity (Wildman–Crippen MR) is 92.0 cm³/mol. The molecule has 2 aromatic carbocycles. The van der Waals surface area contributed by atoms with Crippen molar-refractivity contribution in [3.05, 3.63) is 63.1 Å². The number of hydrogen-bond donors (Lipinski definition) is 0. The van der Waals surface area contributed by atoms with Crippen molar-refractivity contribution in [3.63, 3.8) is 0 Å². The molecule has 0 aliphatic rings. The van der Waals surface area contributed by atoms with Gasteiger partial charge in [-0.1, -0.05) is 50.1 Å². The van der Waals surface area contributed by atoms with Gasteiger partial charge in [-0.25, -0.2) is 0 Å². The van der Waals surface area contributed by atoms with Crippen LogP contribution in [0.25, 0.3) is 0 Å². The average molecular weight is 398 g/mol. The largest absolute Gasteiger partial charge is 0.494 e. The number of aryl methyl sites for hydroxylation is 2. The van der Waals surface area contributed by atoms with E-state index < -0.39 is 0 Å². The first-order valence-electron chi connectivity index (χ1n) is 6.67. The Kier molecular flexibility index (Phi) is 5.28. The number of ether oxygens (including phenoxy) is 1. The molecule has 0 fully saturated rings. The molecule has 0 N–H and O–H groups in total. The Labute approximate surface area is 137 Å². The molecule has 3 heteroatoms. The SMILES string of the molecule is CCOc1ccc(Br)cc1C(Br)c1c(C)cccc1C. The first-order chi connectivity index (χ1) is 9.54. The van der Waals surface area contributed by atoms with E-state index >= 15 is 0 Å². The van der Waals surface area contributed by atoms with E-state index in [4.69, 9.17) is 4.74 Å². The molecular formula is C17H18Br2O. The molecular weight excluding hydrogens is 380 g/mol. The van der Waals surface area contributed by atoms with Crippen molar-refractivity contribution in [2.24, 2.45) is 0 Å².